The number of aliphatic imine (C=N–C) groups is 1. The van der Waals surface area contributed by atoms with Gasteiger partial charge in [-0.15, -0.1) is 0 Å². The molecule has 0 unspecified atom stereocenters. The van der Waals surface area contributed by atoms with Crippen molar-refractivity contribution in [1.29, 1.82) is 0 Å². The second kappa shape index (κ2) is 14.5. The molecule has 0 bridgehead atoms. The van der Waals surface area contributed by atoms with Crippen LogP contribution in [0, 0.1) is 0 Å². The van der Waals surface area contributed by atoms with Crippen molar-refractivity contribution in [3.05, 3.63) is 58.9 Å². The number of allylic oxidation sites excluding steroid dienone is 1. The lowest BCUT2D eigenvalue weighted by molar-refractivity contribution is -0.137. The van der Waals surface area contributed by atoms with Crippen LogP contribution in [0.4, 0.5) is 13.2 Å². The standard InChI is InChI=1S/C31H44F3N5O3/c1-21(22(2)36-19-27-8-5-9-28(42-27)23-6-4-7-24(18-23)31(32,33)34)29(37-20-35)30(40)39-14-10-25(11-15-39)38-16-12-26(41-3)13-17-38/h4,6-7,18,20,25-28,36H,2,5,8-17,19H2,1,3H3,(H2,35,37)/b29-21-/t27-,28+/m0/s1. The molecule has 0 aromatic heterocycles. The van der Waals surface area contributed by atoms with Crippen molar-refractivity contribution in [2.75, 3.05) is 39.8 Å². The van der Waals surface area contributed by atoms with E-state index in [1.54, 1.807) is 20.1 Å². The predicted octanol–water partition coefficient (Wildman–Crippen LogP) is 4.78. The number of likely N-dealkylation sites (tertiary alicyclic amines) is 2. The molecule has 1 aromatic carbocycles. The molecular formula is C31H44F3N5O3. The Labute approximate surface area is 246 Å². The van der Waals surface area contributed by atoms with Gasteiger partial charge in [0.15, 0.2) is 0 Å². The predicted molar refractivity (Wildman–Crippen MR) is 157 cm³/mol. The first kappa shape index (κ1) is 32.0. The third kappa shape index (κ3) is 8.14. The van der Waals surface area contributed by atoms with Gasteiger partial charge in [0, 0.05) is 57.1 Å². The topological polar surface area (TPSA) is 92.4 Å². The molecule has 11 heteroatoms. The fraction of sp³-hybridized carbons (Fsp3) is 0.613. The molecule has 1 amide bonds. The van der Waals surface area contributed by atoms with Crippen molar-refractivity contribution in [2.24, 2.45) is 10.7 Å². The van der Waals surface area contributed by atoms with Crippen molar-refractivity contribution in [3.63, 3.8) is 0 Å². The minimum Gasteiger partial charge on any atom is -0.390 e. The van der Waals surface area contributed by atoms with E-state index in [-0.39, 0.29) is 17.7 Å². The lowest BCUT2D eigenvalue weighted by Crippen LogP contribution is -2.50. The van der Waals surface area contributed by atoms with Gasteiger partial charge < -0.3 is 30.3 Å². The molecule has 3 N–H and O–H groups in total. The fourth-order valence-corrected chi connectivity index (χ4v) is 6.17. The molecule has 0 spiro atoms. The Balaban J connectivity index is 1.32. The average molecular weight is 592 g/mol. The largest absolute Gasteiger partial charge is 0.416 e. The highest BCUT2D eigenvalue weighted by Gasteiger charge is 2.33. The van der Waals surface area contributed by atoms with Gasteiger partial charge in [0.2, 0.25) is 0 Å². The van der Waals surface area contributed by atoms with Crippen molar-refractivity contribution >= 4 is 12.2 Å². The van der Waals surface area contributed by atoms with Crippen LogP contribution in [0.15, 0.2) is 52.8 Å². The zero-order valence-electron chi connectivity index (χ0n) is 24.7. The zero-order chi connectivity index (χ0) is 30.3. The number of carbonyl (C=O) groups is 1. The summed E-state index contributed by atoms with van der Waals surface area (Å²) in [7, 11) is 1.77. The van der Waals surface area contributed by atoms with Gasteiger partial charge in [-0.25, -0.2) is 4.99 Å². The Bertz CT molecular complexity index is 1140. The number of alkyl halides is 3. The quantitative estimate of drug-likeness (QED) is 0.186. The Kier molecular flexibility index (Phi) is 11.1. The number of ether oxygens (including phenoxy) is 2. The Hall–Kier alpha value is -2.89. The molecule has 1 aromatic rings. The zero-order valence-corrected chi connectivity index (χ0v) is 24.7. The fourth-order valence-electron chi connectivity index (χ4n) is 6.17. The van der Waals surface area contributed by atoms with Crippen LogP contribution < -0.4 is 11.1 Å². The van der Waals surface area contributed by atoms with Crippen LogP contribution in [0.3, 0.4) is 0 Å². The van der Waals surface area contributed by atoms with E-state index in [0.717, 1.165) is 64.0 Å². The van der Waals surface area contributed by atoms with Crippen LogP contribution in [0.1, 0.15) is 69.1 Å². The van der Waals surface area contributed by atoms with Gasteiger partial charge >= 0.3 is 6.18 Å². The summed E-state index contributed by atoms with van der Waals surface area (Å²) in [5.41, 5.74) is 6.85. The molecule has 0 radical (unpaired) electrons. The maximum absolute atomic E-state index is 13.5. The lowest BCUT2D eigenvalue weighted by atomic mass is 9.97. The summed E-state index contributed by atoms with van der Waals surface area (Å²) in [4.78, 5) is 22.1. The summed E-state index contributed by atoms with van der Waals surface area (Å²) < 4.78 is 51.2. The summed E-state index contributed by atoms with van der Waals surface area (Å²) in [6, 6.07) is 5.80. The summed E-state index contributed by atoms with van der Waals surface area (Å²) >= 11 is 0. The van der Waals surface area contributed by atoms with Crippen molar-refractivity contribution in [3.8, 4) is 0 Å². The Morgan fingerprint density at radius 1 is 1.17 bits per heavy atom. The molecule has 232 valence electrons. The van der Waals surface area contributed by atoms with Crippen LogP contribution in [0.5, 0.6) is 0 Å². The van der Waals surface area contributed by atoms with E-state index in [0.29, 0.717) is 55.0 Å². The van der Waals surface area contributed by atoms with Gasteiger partial charge in [-0.2, -0.15) is 13.2 Å². The van der Waals surface area contributed by atoms with E-state index in [1.807, 2.05) is 4.90 Å². The second-order valence-electron chi connectivity index (χ2n) is 11.4. The monoisotopic (exact) mass is 591 g/mol. The number of nitrogens with one attached hydrogen (secondary N) is 1. The van der Waals surface area contributed by atoms with Crippen LogP contribution >= 0.6 is 0 Å². The van der Waals surface area contributed by atoms with Gasteiger partial charge in [-0.3, -0.25) is 4.79 Å². The first-order valence-corrected chi connectivity index (χ1v) is 14.9. The number of hydrogen-bond donors (Lipinski definition) is 2. The first-order chi connectivity index (χ1) is 20.1. The molecule has 3 saturated heterocycles. The summed E-state index contributed by atoms with van der Waals surface area (Å²) in [5, 5.41) is 3.26. The molecule has 3 aliphatic rings. The molecule has 0 aliphatic carbocycles. The maximum atomic E-state index is 13.5. The van der Waals surface area contributed by atoms with E-state index >= 15 is 0 Å². The maximum Gasteiger partial charge on any atom is 0.416 e. The molecule has 0 saturated carbocycles. The lowest BCUT2D eigenvalue weighted by Gasteiger charge is -2.41. The average Bonchev–Trinajstić information content (AvgIpc) is 3.01. The molecule has 3 heterocycles. The third-order valence-corrected chi connectivity index (χ3v) is 8.77. The molecule has 4 rings (SSSR count). The van der Waals surface area contributed by atoms with Crippen molar-refractivity contribution in [1.82, 2.24) is 15.1 Å². The smallest absolute Gasteiger partial charge is 0.390 e. The minimum atomic E-state index is -4.40. The molecule has 3 aliphatic heterocycles. The van der Waals surface area contributed by atoms with Gasteiger partial charge in [-0.1, -0.05) is 18.7 Å². The normalized spacial score (nSPS) is 24.1. The van der Waals surface area contributed by atoms with Crippen LogP contribution in [0.2, 0.25) is 0 Å². The van der Waals surface area contributed by atoms with Crippen LogP contribution in [-0.2, 0) is 20.4 Å². The Morgan fingerprint density at radius 3 is 2.52 bits per heavy atom. The molecule has 2 atom stereocenters. The van der Waals surface area contributed by atoms with E-state index in [1.165, 1.54) is 12.1 Å². The molecule has 8 nitrogen and oxygen atoms in total. The van der Waals surface area contributed by atoms with E-state index in [2.05, 4.69) is 21.8 Å². The number of carbonyl (C=O) groups excluding carboxylic acids is 1. The number of rotatable bonds is 9. The van der Waals surface area contributed by atoms with Crippen LogP contribution in [-0.4, -0.2) is 80.1 Å². The number of nitrogens with two attached hydrogens (primary N) is 1. The van der Waals surface area contributed by atoms with E-state index in [9.17, 15) is 18.0 Å². The molecule has 3 fully saturated rings. The first-order valence-electron chi connectivity index (χ1n) is 14.9. The molecule has 42 heavy (non-hydrogen) atoms. The highest BCUT2D eigenvalue weighted by Crippen LogP contribution is 2.35. The highest BCUT2D eigenvalue weighted by atomic mass is 19.4. The van der Waals surface area contributed by atoms with Gasteiger partial charge in [0.25, 0.3) is 5.91 Å². The number of benzene rings is 1. The van der Waals surface area contributed by atoms with E-state index < -0.39 is 17.8 Å². The highest BCUT2D eigenvalue weighted by molar-refractivity contribution is 5.95. The van der Waals surface area contributed by atoms with Crippen LogP contribution in [0.25, 0.3) is 0 Å². The van der Waals surface area contributed by atoms with Gasteiger partial charge in [0.05, 0.1) is 30.2 Å². The van der Waals surface area contributed by atoms with E-state index in [4.69, 9.17) is 15.2 Å². The summed E-state index contributed by atoms with van der Waals surface area (Å²) in [5.74, 6) is -0.174. The van der Waals surface area contributed by atoms with Crippen molar-refractivity contribution < 1.29 is 27.4 Å². The summed E-state index contributed by atoms with van der Waals surface area (Å²) in [6.07, 6.45) is 2.60. The summed E-state index contributed by atoms with van der Waals surface area (Å²) in [6.45, 7) is 9.66. The number of hydrogen-bond acceptors (Lipinski definition) is 6. The third-order valence-electron chi connectivity index (χ3n) is 8.77. The number of halogens is 3. The number of amides is 1. The minimum absolute atomic E-state index is 0.174. The van der Waals surface area contributed by atoms with Gasteiger partial charge in [-0.05, 0) is 69.6 Å². The number of piperidine rings is 2. The second-order valence-corrected chi connectivity index (χ2v) is 11.4. The number of nitrogens with zero attached hydrogens (tertiary/aromatic N) is 3. The Morgan fingerprint density at radius 2 is 1.88 bits per heavy atom. The molecular weight excluding hydrogens is 547 g/mol. The SMILES string of the molecule is C=C(NC[C@@H]1CCC[C@H](c2cccc(C(F)(F)F)c2)O1)/C(C)=C(\N=C/N)C(=O)N1CCC(N2CCC(OC)CC2)CC1. The number of methoxy groups -OCH3 is 1. The van der Waals surface area contributed by atoms with Gasteiger partial charge in [0.1, 0.15) is 5.70 Å². The van der Waals surface area contributed by atoms with Crippen molar-refractivity contribution in [2.45, 2.75) is 82.4 Å².